The van der Waals surface area contributed by atoms with E-state index in [0.717, 1.165) is 11.1 Å². The van der Waals surface area contributed by atoms with Gasteiger partial charge in [0, 0.05) is 0 Å². The Kier molecular flexibility index (Phi) is 2.33. The number of rotatable bonds is 1. The van der Waals surface area contributed by atoms with Crippen LogP contribution in [0.15, 0.2) is 18.2 Å². The molecule has 1 aromatic carbocycles. The first-order valence-corrected chi connectivity index (χ1v) is 3.64. The van der Waals surface area contributed by atoms with Crippen molar-refractivity contribution in [1.82, 2.24) is 0 Å². The Morgan fingerprint density at radius 2 is 2.08 bits per heavy atom. The van der Waals surface area contributed by atoms with Crippen LogP contribution in [0.2, 0.25) is 0 Å². The van der Waals surface area contributed by atoms with Crippen LogP contribution in [-0.2, 0) is 0 Å². The summed E-state index contributed by atoms with van der Waals surface area (Å²) in [5.41, 5.74) is 6.82. The lowest BCUT2D eigenvalue weighted by atomic mass is 10.1. The molecule has 0 aliphatic carbocycles. The van der Waals surface area contributed by atoms with Crippen molar-refractivity contribution in [3.05, 3.63) is 29.3 Å². The summed E-state index contributed by atoms with van der Waals surface area (Å²) < 4.78 is 4.76. The first-order valence-electron chi connectivity index (χ1n) is 3.64. The molecule has 0 unspecified atom stereocenters. The molecule has 0 aliphatic rings. The summed E-state index contributed by atoms with van der Waals surface area (Å²) in [6.45, 7) is 3.78. The van der Waals surface area contributed by atoms with E-state index in [4.69, 9.17) is 10.5 Å². The van der Waals surface area contributed by atoms with E-state index in [9.17, 15) is 4.79 Å². The Morgan fingerprint density at radius 3 is 2.67 bits per heavy atom. The van der Waals surface area contributed by atoms with Gasteiger partial charge in [0.1, 0.15) is 5.75 Å². The van der Waals surface area contributed by atoms with Crippen LogP contribution in [0.4, 0.5) is 4.79 Å². The van der Waals surface area contributed by atoms with Gasteiger partial charge in [-0.2, -0.15) is 0 Å². The van der Waals surface area contributed by atoms with Crippen molar-refractivity contribution in [2.75, 3.05) is 0 Å². The van der Waals surface area contributed by atoms with Crippen molar-refractivity contribution in [3.63, 3.8) is 0 Å². The summed E-state index contributed by atoms with van der Waals surface area (Å²) in [7, 11) is 0. The van der Waals surface area contributed by atoms with Gasteiger partial charge in [0.15, 0.2) is 0 Å². The van der Waals surface area contributed by atoms with Gasteiger partial charge in [-0.3, -0.25) is 0 Å². The lowest BCUT2D eigenvalue weighted by molar-refractivity contribution is 0.210. The first-order chi connectivity index (χ1) is 5.59. The second-order valence-corrected chi connectivity index (χ2v) is 2.69. The molecule has 0 atom stereocenters. The highest BCUT2D eigenvalue weighted by molar-refractivity contribution is 5.68. The van der Waals surface area contributed by atoms with E-state index in [1.54, 1.807) is 6.07 Å². The zero-order chi connectivity index (χ0) is 9.14. The molecule has 0 radical (unpaired) electrons. The summed E-state index contributed by atoms with van der Waals surface area (Å²) in [5.74, 6) is 0.530. The molecule has 0 aliphatic heterocycles. The molecule has 0 aromatic heterocycles. The van der Waals surface area contributed by atoms with Crippen molar-refractivity contribution in [3.8, 4) is 5.75 Å². The Bertz CT molecular complexity index is 307. The average molecular weight is 165 g/mol. The van der Waals surface area contributed by atoms with E-state index in [-0.39, 0.29) is 0 Å². The molecule has 0 fully saturated rings. The summed E-state index contributed by atoms with van der Waals surface area (Å²) in [6.07, 6.45) is -0.774. The minimum absolute atomic E-state index is 0.530. The Hall–Kier alpha value is -1.51. The molecule has 0 saturated carbocycles. The van der Waals surface area contributed by atoms with Crippen molar-refractivity contribution < 1.29 is 9.53 Å². The van der Waals surface area contributed by atoms with Crippen LogP contribution in [0.3, 0.4) is 0 Å². The van der Waals surface area contributed by atoms with Gasteiger partial charge < -0.3 is 10.5 Å². The van der Waals surface area contributed by atoms with E-state index in [1.807, 2.05) is 26.0 Å². The SMILES string of the molecule is Cc1ccc(C)c(OC(N)=O)c1. The van der Waals surface area contributed by atoms with Crippen molar-refractivity contribution in [2.24, 2.45) is 5.73 Å². The minimum atomic E-state index is -0.774. The van der Waals surface area contributed by atoms with Gasteiger partial charge in [0.05, 0.1) is 0 Å². The molecule has 3 nitrogen and oxygen atoms in total. The molecular formula is C9H11NO2. The van der Waals surface area contributed by atoms with Crippen molar-refractivity contribution in [1.29, 1.82) is 0 Å². The average Bonchev–Trinajstić information content (AvgIpc) is 1.96. The maximum Gasteiger partial charge on any atom is 0.409 e. The third-order valence-electron chi connectivity index (χ3n) is 1.55. The fourth-order valence-electron chi connectivity index (χ4n) is 0.926. The van der Waals surface area contributed by atoms with Crippen LogP contribution in [0, 0.1) is 13.8 Å². The highest BCUT2D eigenvalue weighted by Crippen LogP contribution is 2.18. The van der Waals surface area contributed by atoms with Crippen molar-refractivity contribution in [2.45, 2.75) is 13.8 Å². The third-order valence-corrected chi connectivity index (χ3v) is 1.55. The molecule has 3 heteroatoms. The number of carbonyl (C=O) groups excluding carboxylic acids is 1. The molecule has 1 rings (SSSR count). The van der Waals surface area contributed by atoms with Gasteiger partial charge in [-0.05, 0) is 31.0 Å². The molecule has 64 valence electrons. The number of carbonyl (C=O) groups is 1. The Balaban J connectivity index is 2.97. The standard InChI is InChI=1S/C9H11NO2/c1-6-3-4-7(2)8(5-6)12-9(10)11/h3-5H,1-2H3,(H2,10,11). The van der Waals surface area contributed by atoms with Gasteiger partial charge in [-0.1, -0.05) is 12.1 Å². The molecule has 0 saturated heterocycles. The monoisotopic (exact) mass is 165 g/mol. The van der Waals surface area contributed by atoms with Gasteiger partial charge in [0.25, 0.3) is 0 Å². The van der Waals surface area contributed by atoms with Crippen LogP contribution in [0.25, 0.3) is 0 Å². The number of hydrogen-bond donors (Lipinski definition) is 1. The van der Waals surface area contributed by atoms with Crippen LogP contribution in [-0.4, -0.2) is 6.09 Å². The molecule has 1 amide bonds. The van der Waals surface area contributed by atoms with Gasteiger partial charge in [-0.15, -0.1) is 0 Å². The molecule has 0 bridgehead atoms. The van der Waals surface area contributed by atoms with Crippen LogP contribution < -0.4 is 10.5 Å². The second-order valence-electron chi connectivity index (χ2n) is 2.69. The predicted octanol–water partition coefficient (Wildman–Crippen LogP) is 1.76. The summed E-state index contributed by atoms with van der Waals surface area (Å²) in [5, 5.41) is 0. The van der Waals surface area contributed by atoms with E-state index < -0.39 is 6.09 Å². The molecule has 12 heavy (non-hydrogen) atoms. The number of ether oxygens (including phenoxy) is 1. The second kappa shape index (κ2) is 3.26. The quantitative estimate of drug-likeness (QED) is 0.689. The maximum atomic E-state index is 10.4. The molecule has 2 N–H and O–H groups in total. The molecular weight excluding hydrogens is 154 g/mol. The van der Waals surface area contributed by atoms with Gasteiger partial charge in [-0.25, -0.2) is 4.79 Å². The number of primary amides is 1. The van der Waals surface area contributed by atoms with Crippen molar-refractivity contribution >= 4 is 6.09 Å². The molecule has 1 aromatic rings. The fourth-order valence-corrected chi connectivity index (χ4v) is 0.926. The number of hydrogen-bond acceptors (Lipinski definition) is 2. The largest absolute Gasteiger partial charge is 0.410 e. The fraction of sp³-hybridized carbons (Fsp3) is 0.222. The maximum absolute atomic E-state index is 10.4. The number of amides is 1. The smallest absolute Gasteiger partial charge is 0.409 e. The zero-order valence-electron chi connectivity index (χ0n) is 7.13. The van der Waals surface area contributed by atoms with E-state index in [2.05, 4.69) is 0 Å². The number of nitrogens with two attached hydrogens (primary N) is 1. The summed E-state index contributed by atoms with van der Waals surface area (Å²) in [6, 6.07) is 5.61. The number of benzene rings is 1. The highest BCUT2D eigenvalue weighted by Gasteiger charge is 2.02. The summed E-state index contributed by atoms with van der Waals surface area (Å²) >= 11 is 0. The normalized spacial score (nSPS) is 9.50. The highest BCUT2D eigenvalue weighted by atomic mass is 16.5. The third kappa shape index (κ3) is 1.99. The lowest BCUT2D eigenvalue weighted by Gasteiger charge is -2.04. The van der Waals surface area contributed by atoms with E-state index in [1.165, 1.54) is 0 Å². The van der Waals surface area contributed by atoms with Crippen LogP contribution in [0.1, 0.15) is 11.1 Å². The molecule has 0 heterocycles. The minimum Gasteiger partial charge on any atom is -0.410 e. The molecule has 0 spiro atoms. The zero-order valence-corrected chi connectivity index (χ0v) is 7.13. The lowest BCUT2D eigenvalue weighted by Crippen LogP contribution is -2.16. The first kappa shape index (κ1) is 8.59. The van der Waals surface area contributed by atoms with E-state index in [0.29, 0.717) is 5.75 Å². The number of aryl methyl sites for hydroxylation is 2. The summed E-state index contributed by atoms with van der Waals surface area (Å²) in [4.78, 5) is 10.4. The Morgan fingerprint density at radius 1 is 1.42 bits per heavy atom. The Labute approximate surface area is 71.1 Å². The van der Waals surface area contributed by atoms with Gasteiger partial charge in [0.2, 0.25) is 0 Å². The topological polar surface area (TPSA) is 52.3 Å². The van der Waals surface area contributed by atoms with Crippen LogP contribution >= 0.6 is 0 Å². The predicted molar refractivity (Wildman–Crippen MR) is 46.1 cm³/mol. The van der Waals surface area contributed by atoms with E-state index >= 15 is 0 Å². The van der Waals surface area contributed by atoms with Crippen LogP contribution in [0.5, 0.6) is 5.75 Å². The van der Waals surface area contributed by atoms with Gasteiger partial charge >= 0.3 is 6.09 Å².